The van der Waals surface area contributed by atoms with Gasteiger partial charge in [0.1, 0.15) is 0 Å². The van der Waals surface area contributed by atoms with Gasteiger partial charge in [-0.3, -0.25) is 4.52 Å². The Kier molecular flexibility index (Phi) is 3.09. The summed E-state index contributed by atoms with van der Waals surface area (Å²) in [6.45, 7) is 1.99. The molecule has 1 aliphatic heterocycles. The number of carbonyl (C=O) groups is 1. The third-order valence-corrected chi connectivity index (χ3v) is 3.39. The molecular weight excluding hydrogens is 247 g/mol. The normalized spacial score (nSPS) is 21.3. The molecule has 0 N–H and O–H groups in total. The Hall–Kier alpha value is -1.52. The molecule has 0 saturated carbocycles. The van der Waals surface area contributed by atoms with Crippen molar-refractivity contribution in [1.82, 2.24) is 0 Å². The first-order valence-corrected chi connectivity index (χ1v) is 6.40. The molecule has 0 radical (unpaired) electrons. The maximum absolute atomic E-state index is 11.7. The van der Waals surface area contributed by atoms with Crippen LogP contribution >= 0.6 is 7.82 Å². The van der Waals surface area contributed by atoms with E-state index >= 15 is 0 Å². The highest BCUT2D eigenvalue weighted by atomic mass is 31.2. The van der Waals surface area contributed by atoms with Crippen molar-refractivity contribution in [1.29, 1.82) is 0 Å². The predicted octanol–water partition coefficient (Wildman–Crippen LogP) is 2.39. The van der Waals surface area contributed by atoms with Crippen molar-refractivity contribution < 1.29 is 27.7 Å². The Balaban J connectivity index is 2.27. The van der Waals surface area contributed by atoms with Gasteiger partial charge in [-0.1, -0.05) is 0 Å². The van der Waals surface area contributed by atoms with Gasteiger partial charge in [0, 0.05) is 7.11 Å². The molecule has 1 aliphatic rings. The van der Waals surface area contributed by atoms with Crippen LogP contribution in [0.2, 0.25) is 0 Å². The molecule has 0 spiro atoms. The van der Waals surface area contributed by atoms with Crippen LogP contribution in [0.15, 0.2) is 18.2 Å². The van der Waals surface area contributed by atoms with Gasteiger partial charge in [-0.05, 0) is 25.1 Å². The SMILES string of the molecule is CCOC(=O)c1ccc2c(c1)OP(=O)(OC)O2. The molecule has 0 aromatic heterocycles. The average Bonchev–Trinajstić information content (AvgIpc) is 2.65. The van der Waals surface area contributed by atoms with Gasteiger partial charge >= 0.3 is 13.8 Å². The fraction of sp³-hybridized carbons (Fsp3) is 0.300. The maximum atomic E-state index is 11.7. The van der Waals surface area contributed by atoms with Gasteiger partial charge in [0.25, 0.3) is 0 Å². The lowest BCUT2D eigenvalue weighted by atomic mass is 10.2. The lowest BCUT2D eigenvalue weighted by molar-refractivity contribution is 0.0526. The zero-order chi connectivity index (χ0) is 12.5. The largest absolute Gasteiger partial charge is 0.587 e. The lowest BCUT2D eigenvalue weighted by Crippen LogP contribution is -2.04. The molecule has 0 amide bonds. The van der Waals surface area contributed by atoms with E-state index in [4.69, 9.17) is 13.8 Å². The van der Waals surface area contributed by atoms with E-state index in [9.17, 15) is 9.36 Å². The summed E-state index contributed by atoms with van der Waals surface area (Å²) in [7, 11) is -2.33. The molecule has 1 atom stereocenters. The standard InChI is InChI=1S/C10H11O6P/c1-3-14-10(11)7-4-5-8-9(6-7)16-17(12,13-2)15-8/h4-6H,3H2,1-2H3. The first-order chi connectivity index (χ1) is 8.08. The van der Waals surface area contributed by atoms with Crippen molar-refractivity contribution in [2.45, 2.75) is 6.92 Å². The molecule has 7 heteroatoms. The number of esters is 1. The Labute approximate surface area is 98.1 Å². The van der Waals surface area contributed by atoms with Crippen LogP contribution in [0.5, 0.6) is 11.5 Å². The number of fused-ring (bicyclic) bond motifs is 1. The van der Waals surface area contributed by atoms with Crippen LogP contribution in [-0.2, 0) is 13.8 Å². The number of phosphoric ester groups is 1. The number of benzene rings is 1. The van der Waals surface area contributed by atoms with Crippen molar-refractivity contribution in [3.05, 3.63) is 23.8 Å². The summed E-state index contributed by atoms with van der Waals surface area (Å²) in [6, 6.07) is 4.40. The first-order valence-electron chi connectivity index (χ1n) is 4.94. The van der Waals surface area contributed by atoms with E-state index in [0.29, 0.717) is 5.56 Å². The first kappa shape index (κ1) is 12.0. The van der Waals surface area contributed by atoms with E-state index in [2.05, 4.69) is 4.52 Å². The molecule has 1 aromatic carbocycles. The van der Waals surface area contributed by atoms with E-state index in [-0.39, 0.29) is 18.1 Å². The molecule has 2 rings (SSSR count). The summed E-state index contributed by atoms with van der Waals surface area (Å²) in [4.78, 5) is 11.5. The topological polar surface area (TPSA) is 71.1 Å². The molecule has 1 unspecified atom stereocenters. The number of hydrogen-bond acceptors (Lipinski definition) is 6. The van der Waals surface area contributed by atoms with E-state index < -0.39 is 13.8 Å². The Morgan fingerprint density at radius 3 is 2.71 bits per heavy atom. The highest BCUT2D eigenvalue weighted by molar-refractivity contribution is 7.49. The van der Waals surface area contributed by atoms with Gasteiger partial charge in [0.15, 0.2) is 11.5 Å². The fourth-order valence-corrected chi connectivity index (χ4v) is 2.29. The van der Waals surface area contributed by atoms with E-state index in [1.807, 2.05) is 0 Å². The van der Waals surface area contributed by atoms with Crippen molar-refractivity contribution >= 4 is 13.8 Å². The summed E-state index contributed by atoms with van der Waals surface area (Å²) in [5, 5.41) is 0. The van der Waals surface area contributed by atoms with E-state index in [1.165, 1.54) is 25.3 Å². The van der Waals surface area contributed by atoms with Gasteiger partial charge in [-0.15, -0.1) is 0 Å². The number of phosphoric acid groups is 1. The van der Waals surface area contributed by atoms with Crippen LogP contribution in [0.1, 0.15) is 17.3 Å². The maximum Gasteiger partial charge on any atom is 0.587 e. The zero-order valence-corrected chi connectivity index (χ0v) is 10.2. The van der Waals surface area contributed by atoms with Crippen molar-refractivity contribution in [2.75, 3.05) is 13.7 Å². The third-order valence-electron chi connectivity index (χ3n) is 2.10. The van der Waals surface area contributed by atoms with Gasteiger partial charge in [0.2, 0.25) is 0 Å². The fourth-order valence-electron chi connectivity index (χ4n) is 1.33. The summed E-state index contributed by atoms with van der Waals surface area (Å²) in [5.74, 6) is 0.0158. The van der Waals surface area contributed by atoms with Crippen LogP contribution in [0, 0.1) is 0 Å². The van der Waals surface area contributed by atoms with Gasteiger partial charge in [0.05, 0.1) is 12.2 Å². The second-order valence-corrected chi connectivity index (χ2v) is 4.82. The van der Waals surface area contributed by atoms with E-state index in [1.54, 1.807) is 6.92 Å². The molecule has 1 aromatic rings. The molecule has 92 valence electrons. The molecule has 0 aliphatic carbocycles. The Bertz CT molecular complexity index is 498. The molecule has 17 heavy (non-hydrogen) atoms. The minimum absolute atomic E-state index is 0.209. The Morgan fingerprint density at radius 2 is 2.06 bits per heavy atom. The van der Waals surface area contributed by atoms with Crippen LogP contribution in [0.25, 0.3) is 0 Å². The second kappa shape index (κ2) is 4.39. The molecule has 0 fully saturated rings. The number of rotatable bonds is 3. The van der Waals surface area contributed by atoms with Crippen LogP contribution in [0.3, 0.4) is 0 Å². The van der Waals surface area contributed by atoms with Crippen molar-refractivity contribution in [2.24, 2.45) is 0 Å². The van der Waals surface area contributed by atoms with Crippen LogP contribution in [-0.4, -0.2) is 19.7 Å². The van der Waals surface area contributed by atoms with Gasteiger partial charge < -0.3 is 13.8 Å². The molecule has 0 saturated heterocycles. The van der Waals surface area contributed by atoms with E-state index in [0.717, 1.165) is 0 Å². The number of carbonyl (C=O) groups excluding carboxylic acids is 1. The molecule has 6 nitrogen and oxygen atoms in total. The molecular formula is C10H11O6P. The minimum atomic E-state index is -3.55. The highest BCUT2D eigenvalue weighted by Crippen LogP contribution is 2.58. The smallest absolute Gasteiger partial charge is 0.462 e. The zero-order valence-electron chi connectivity index (χ0n) is 9.34. The highest BCUT2D eigenvalue weighted by Gasteiger charge is 2.38. The third kappa shape index (κ3) is 2.28. The average molecular weight is 258 g/mol. The van der Waals surface area contributed by atoms with Crippen molar-refractivity contribution in [3.63, 3.8) is 0 Å². The predicted molar refractivity (Wildman–Crippen MR) is 58.3 cm³/mol. The minimum Gasteiger partial charge on any atom is -0.462 e. The summed E-state index contributed by atoms with van der Waals surface area (Å²) >= 11 is 0. The quantitative estimate of drug-likeness (QED) is 0.612. The van der Waals surface area contributed by atoms with Gasteiger partial charge in [-0.25, -0.2) is 9.36 Å². The molecule has 0 bridgehead atoms. The Morgan fingerprint density at radius 1 is 1.35 bits per heavy atom. The van der Waals surface area contributed by atoms with Gasteiger partial charge in [-0.2, -0.15) is 0 Å². The monoisotopic (exact) mass is 258 g/mol. The lowest BCUT2D eigenvalue weighted by Gasteiger charge is -2.04. The second-order valence-electron chi connectivity index (χ2n) is 3.19. The summed E-state index contributed by atoms with van der Waals surface area (Å²) in [5.41, 5.74) is 0.304. The van der Waals surface area contributed by atoms with Crippen LogP contribution in [0.4, 0.5) is 0 Å². The number of ether oxygens (including phenoxy) is 1. The number of hydrogen-bond donors (Lipinski definition) is 0. The summed E-state index contributed by atoms with van der Waals surface area (Å²) < 4.78 is 31.1. The van der Waals surface area contributed by atoms with Crippen LogP contribution < -0.4 is 9.05 Å². The van der Waals surface area contributed by atoms with Crippen molar-refractivity contribution in [3.8, 4) is 11.5 Å². The molecule has 1 heterocycles. The summed E-state index contributed by atoms with van der Waals surface area (Å²) in [6.07, 6.45) is 0.